The van der Waals surface area contributed by atoms with Gasteiger partial charge >= 0.3 is 6.09 Å². The number of rotatable bonds is 8. The maximum Gasteiger partial charge on any atom is 0.407 e. The molecule has 0 saturated heterocycles. The minimum Gasteiger partial charge on any atom is -0.490 e. The molecule has 0 atom stereocenters. The number of nitrogens with one attached hydrogen (secondary N) is 3. The SMILES string of the molecule is CC(=O)NNC(=O)c1ccc(Oc2ccc(C(C)(C)c3ccc(O[C@H]4C[C@H](NC(=O)OC(C)(C)C)C4)cc3)cc2)nc1. The summed E-state index contributed by atoms with van der Waals surface area (Å²) in [6, 6.07) is 19.1. The number of carbonyl (C=O) groups excluding carboxylic acids is 3. The van der Waals surface area contributed by atoms with E-state index >= 15 is 0 Å². The summed E-state index contributed by atoms with van der Waals surface area (Å²) in [5, 5.41) is 2.89. The van der Waals surface area contributed by atoms with E-state index in [4.69, 9.17) is 14.2 Å². The molecule has 4 rings (SSSR count). The highest BCUT2D eigenvalue weighted by molar-refractivity contribution is 5.94. The molecule has 42 heavy (non-hydrogen) atoms. The predicted molar refractivity (Wildman–Crippen MR) is 157 cm³/mol. The van der Waals surface area contributed by atoms with Crippen molar-refractivity contribution >= 4 is 17.9 Å². The second-order valence-electron chi connectivity index (χ2n) is 11.9. The Bertz CT molecular complexity index is 1390. The number of carbonyl (C=O) groups is 3. The Morgan fingerprint density at radius 3 is 1.93 bits per heavy atom. The Balaban J connectivity index is 1.28. The lowest BCUT2D eigenvalue weighted by Gasteiger charge is -2.36. The number of hydrogen-bond acceptors (Lipinski definition) is 7. The van der Waals surface area contributed by atoms with Gasteiger partial charge in [0, 0.05) is 43.5 Å². The molecule has 1 aliphatic rings. The van der Waals surface area contributed by atoms with Crippen molar-refractivity contribution in [1.82, 2.24) is 21.2 Å². The van der Waals surface area contributed by atoms with E-state index in [-0.39, 0.29) is 29.0 Å². The highest BCUT2D eigenvalue weighted by atomic mass is 16.6. The molecule has 1 saturated carbocycles. The molecule has 10 nitrogen and oxygen atoms in total. The van der Waals surface area contributed by atoms with Gasteiger partial charge < -0.3 is 19.5 Å². The summed E-state index contributed by atoms with van der Waals surface area (Å²) >= 11 is 0. The predicted octanol–water partition coefficient (Wildman–Crippen LogP) is 5.42. The molecule has 1 heterocycles. The largest absolute Gasteiger partial charge is 0.490 e. The van der Waals surface area contributed by atoms with Crippen molar-refractivity contribution in [2.24, 2.45) is 0 Å². The van der Waals surface area contributed by atoms with Crippen molar-refractivity contribution in [1.29, 1.82) is 0 Å². The van der Waals surface area contributed by atoms with Gasteiger partial charge in [0.1, 0.15) is 23.2 Å². The Morgan fingerprint density at radius 1 is 0.810 bits per heavy atom. The van der Waals surface area contributed by atoms with Crippen LogP contribution in [0.15, 0.2) is 66.9 Å². The molecule has 222 valence electrons. The quantitative estimate of drug-likeness (QED) is 0.307. The monoisotopic (exact) mass is 574 g/mol. The zero-order chi connectivity index (χ0) is 30.5. The zero-order valence-corrected chi connectivity index (χ0v) is 24.8. The first kappa shape index (κ1) is 30.4. The molecule has 0 unspecified atom stereocenters. The minimum atomic E-state index is -0.515. The van der Waals surface area contributed by atoms with Crippen LogP contribution in [0.2, 0.25) is 0 Å². The smallest absolute Gasteiger partial charge is 0.407 e. The van der Waals surface area contributed by atoms with Gasteiger partial charge in [0.05, 0.1) is 5.56 Å². The van der Waals surface area contributed by atoms with Gasteiger partial charge in [-0.3, -0.25) is 20.4 Å². The molecule has 3 amide bonds. The summed E-state index contributed by atoms with van der Waals surface area (Å²) in [6.07, 6.45) is 2.53. The minimum absolute atomic E-state index is 0.0583. The summed E-state index contributed by atoms with van der Waals surface area (Å²) in [6.45, 7) is 11.1. The van der Waals surface area contributed by atoms with Gasteiger partial charge in [-0.25, -0.2) is 9.78 Å². The first-order chi connectivity index (χ1) is 19.8. The molecule has 0 aliphatic heterocycles. The highest BCUT2D eigenvalue weighted by Crippen LogP contribution is 2.35. The Kier molecular flexibility index (Phi) is 9.04. The van der Waals surface area contributed by atoms with Crippen molar-refractivity contribution in [3.63, 3.8) is 0 Å². The maximum absolute atomic E-state index is 12.0. The van der Waals surface area contributed by atoms with E-state index in [1.54, 1.807) is 12.1 Å². The number of benzene rings is 2. The van der Waals surface area contributed by atoms with Crippen LogP contribution in [-0.2, 0) is 14.9 Å². The molecule has 1 aliphatic carbocycles. The lowest BCUT2D eigenvalue weighted by molar-refractivity contribution is -0.119. The summed E-state index contributed by atoms with van der Waals surface area (Å²) in [5.41, 5.74) is 6.27. The van der Waals surface area contributed by atoms with E-state index in [1.165, 1.54) is 13.1 Å². The van der Waals surface area contributed by atoms with E-state index in [9.17, 15) is 14.4 Å². The fraction of sp³-hybridized carbons (Fsp3) is 0.375. The molecule has 1 fully saturated rings. The van der Waals surface area contributed by atoms with Gasteiger partial charge in [-0.2, -0.15) is 0 Å². The first-order valence-corrected chi connectivity index (χ1v) is 13.9. The van der Waals surface area contributed by atoms with Crippen LogP contribution in [-0.4, -0.2) is 40.6 Å². The van der Waals surface area contributed by atoms with Crippen LogP contribution in [0.3, 0.4) is 0 Å². The third-order valence-corrected chi connectivity index (χ3v) is 6.84. The lowest BCUT2D eigenvalue weighted by Crippen LogP contribution is -2.50. The average Bonchev–Trinajstić information content (AvgIpc) is 2.90. The lowest BCUT2D eigenvalue weighted by atomic mass is 9.78. The summed E-state index contributed by atoms with van der Waals surface area (Å²) < 4.78 is 17.3. The van der Waals surface area contributed by atoms with Gasteiger partial charge in [0.15, 0.2) is 0 Å². The first-order valence-electron chi connectivity index (χ1n) is 13.9. The summed E-state index contributed by atoms with van der Waals surface area (Å²) in [7, 11) is 0. The second kappa shape index (κ2) is 12.5. The van der Waals surface area contributed by atoms with Crippen LogP contribution in [0.1, 0.15) is 75.9 Å². The number of amides is 3. The fourth-order valence-electron chi connectivity index (χ4n) is 4.42. The highest BCUT2D eigenvalue weighted by Gasteiger charge is 2.33. The van der Waals surface area contributed by atoms with Crippen molar-refractivity contribution in [2.75, 3.05) is 0 Å². The zero-order valence-electron chi connectivity index (χ0n) is 24.8. The van der Waals surface area contributed by atoms with Gasteiger partial charge in [0.25, 0.3) is 5.91 Å². The van der Waals surface area contributed by atoms with Crippen molar-refractivity contribution in [3.8, 4) is 17.4 Å². The topological polar surface area (TPSA) is 128 Å². The van der Waals surface area contributed by atoms with Crippen LogP contribution in [0.5, 0.6) is 17.4 Å². The average molecular weight is 575 g/mol. The molecule has 3 N–H and O–H groups in total. The van der Waals surface area contributed by atoms with Gasteiger partial charge in [-0.15, -0.1) is 0 Å². The fourth-order valence-corrected chi connectivity index (χ4v) is 4.42. The van der Waals surface area contributed by atoms with E-state index in [0.29, 0.717) is 11.6 Å². The number of hydrazine groups is 1. The van der Waals surface area contributed by atoms with Crippen LogP contribution in [0.25, 0.3) is 0 Å². The molecule has 10 heteroatoms. The number of nitrogens with zero attached hydrogens (tertiary/aromatic N) is 1. The normalized spacial score (nSPS) is 16.4. The number of alkyl carbamates (subject to hydrolysis) is 1. The Labute approximate surface area is 246 Å². The molecule has 3 aromatic rings. The summed E-state index contributed by atoms with van der Waals surface area (Å²) in [5.74, 6) is 0.904. The Morgan fingerprint density at radius 2 is 1.40 bits per heavy atom. The van der Waals surface area contributed by atoms with Gasteiger partial charge in [-0.05, 0) is 62.2 Å². The van der Waals surface area contributed by atoms with E-state index in [1.807, 2.05) is 57.2 Å². The van der Waals surface area contributed by atoms with Crippen LogP contribution in [0, 0.1) is 0 Å². The van der Waals surface area contributed by atoms with Gasteiger partial charge in [0.2, 0.25) is 11.8 Å². The van der Waals surface area contributed by atoms with Crippen molar-refractivity contribution < 1.29 is 28.6 Å². The molecule has 0 bridgehead atoms. The van der Waals surface area contributed by atoms with E-state index < -0.39 is 17.6 Å². The molecule has 0 radical (unpaired) electrons. The van der Waals surface area contributed by atoms with Crippen LogP contribution in [0.4, 0.5) is 4.79 Å². The number of aromatic nitrogens is 1. The number of hydrogen-bond donors (Lipinski definition) is 3. The molecule has 1 aromatic heterocycles. The number of pyridine rings is 1. The third kappa shape index (κ3) is 8.22. The van der Waals surface area contributed by atoms with E-state index in [2.05, 4.69) is 47.1 Å². The second-order valence-corrected chi connectivity index (χ2v) is 11.9. The van der Waals surface area contributed by atoms with Crippen LogP contribution >= 0.6 is 0 Å². The molecular formula is C32H38N4O6. The van der Waals surface area contributed by atoms with Crippen LogP contribution < -0.4 is 25.6 Å². The molecular weight excluding hydrogens is 536 g/mol. The van der Waals surface area contributed by atoms with Crippen molar-refractivity contribution in [2.45, 2.75) is 77.5 Å². The third-order valence-electron chi connectivity index (χ3n) is 6.84. The molecule has 2 aromatic carbocycles. The summed E-state index contributed by atoms with van der Waals surface area (Å²) in [4.78, 5) is 39.1. The Hall–Kier alpha value is -4.60. The van der Waals surface area contributed by atoms with E-state index in [0.717, 1.165) is 29.7 Å². The number of ether oxygens (including phenoxy) is 3. The van der Waals surface area contributed by atoms with Gasteiger partial charge in [-0.1, -0.05) is 38.1 Å². The maximum atomic E-state index is 12.0. The molecule has 0 spiro atoms. The van der Waals surface area contributed by atoms with Crippen molar-refractivity contribution in [3.05, 3.63) is 83.6 Å². The standard InChI is InChI=1S/C32H38N4O6/c1-20(37)35-36-29(38)21-7-16-28(33-19-21)41-26-14-10-23(11-15-26)32(5,6)22-8-12-25(13-9-22)40-27-17-24(18-27)34-30(39)42-31(2,3)4/h7-16,19,24,27H,17-18H2,1-6H3,(H,34,39)(H,35,37)(H,36,38)/t24-,27-.